The summed E-state index contributed by atoms with van der Waals surface area (Å²) in [5.41, 5.74) is 1.23. The van der Waals surface area contributed by atoms with Crippen LogP contribution in [-0.2, 0) is 0 Å². The van der Waals surface area contributed by atoms with E-state index in [0.29, 0.717) is 0 Å². The Hall–Kier alpha value is -1.35. The monoisotopic (exact) mass is 215 g/mol. The third-order valence-electron chi connectivity index (χ3n) is 3.28. The molecule has 0 aromatic carbocycles. The molecule has 1 saturated heterocycles. The second kappa shape index (κ2) is 4.26. The van der Waals surface area contributed by atoms with Crippen molar-refractivity contribution in [1.29, 1.82) is 0 Å². The topological polar surface area (TPSA) is 18.8 Å². The van der Waals surface area contributed by atoms with Gasteiger partial charge in [0, 0.05) is 19.3 Å². The molecule has 1 fully saturated rings. The van der Waals surface area contributed by atoms with Gasteiger partial charge in [0.05, 0.1) is 5.70 Å². The van der Waals surface area contributed by atoms with E-state index >= 15 is 0 Å². The number of hydrogen-bond acceptors (Lipinski definition) is 3. The van der Waals surface area contributed by atoms with Crippen LogP contribution in [0.2, 0.25) is 0 Å². The van der Waals surface area contributed by atoms with E-state index in [1.165, 1.54) is 31.6 Å². The standard InChI is InChI=1S/C13H17N3/c1-2-9-16-10-6-12(14-13(16)5-1)11-15-7-3-4-8-15/h1-2,5-6,9H,3-4,7-8,10-11H2. The summed E-state index contributed by atoms with van der Waals surface area (Å²) in [6, 6.07) is 0. The molecule has 0 atom stereocenters. The van der Waals surface area contributed by atoms with Crippen LogP contribution in [0.25, 0.3) is 0 Å². The highest BCUT2D eigenvalue weighted by molar-refractivity contribution is 5.96. The third-order valence-corrected chi connectivity index (χ3v) is 3.28. The summed E-state index contributed by atoms with van der Waals surface area (Å²) in [6.45, 7) is 4.46. The first kappa shape index (κ1) is 9.85. The van der Waals surface area contributed by atoms with Gasteiger partial charge in [0.2, 0.25) is 0 Å². The molecule has 0 bridgehead atoms. The molecule has 0 amide bonds. The van der Waals surface area contributed by atoms with Crippen molar-refractivity contribution < 1.29 is 0 Å². The number of rotatable bonds is 2. The Balaban J connectivity index is 1.69. The predicted molar refractivity (Wildman–Crippen MR) is 66.2 cm³/mol. The second-order valence-electron chi connectivity index (χ2n) is 4.50. The fourth-order valence-corrected chi connectivity index (χ4v) is 2.39. The van der Waals surface area contributed by atoms with Crippen molar-refractivity contribution in [3.8, 4) is 0 Å². The Morgan fingerprint density at radius 1 is 1.19 bits per heavy atom. The molecular weight excluding hydrogens is 198 g/mol. The van der Waals surface area contributed by atoms with Gasteiger partial charge in [-0.15, -0.1) is 0 Å². The maximum absolute atomic E-state index is 4.69. The average molecular weight is 215 g/mol. The summed E-state index contributed by atoms with van der Waals surface area (Å²) >= 11 is 0. The number of hydrogen-bond donors (Lipinski definition) is 0. The van der Waals surface area contributed by atoms with Crippen molar-refractivity contribution >= 4 is 5.84 Å². The van der Waals surface area contributed by atoms with E-state index in [-0.39, 0.29) is 0 Å². The van der Waals surface area contributed by atoms with Gasteiger partial charge in [0.25, 0.3) is 0 Å². The van der Waals surface area contributed by atoms with Crippen LogP contribution in [0.1, 0.15) is 12.8 Å². The normalized spacial score (nSPS) is 24.4. The zero-order valence-electron chi connectivity index (χ0n) is 9.47. The van der Waals surface area contributed by atoms with Gasteiger partial charge >= 0.3 is 0 Å². The molecule has 3 heterocycles. The van der Waals surface area contributed by atoms with E-state index in [0.717, 1.165) is 18.9 Å². The van der Waals surface area contributed by atoms with E-state index < -0.39 is 0 Å². The lowest BCUT2D eigenvalue weighted by atomic mass is 10.2. The SMILES string of the molecule is C1=CC2=NC(CN3CCCC3)=CCN2C=C1. The van der Waals surface area contributed by atoms with Gasteiger partial charge < -0.3 is 4.90 Å². The fourth-order valence-electron chi connectivity index (χ4n) is 2.39. The van der Waals surface area contributed by atoms with Crippen molar-refractivity contribution in [1.82, 2.24) is 9.80 Å². The molecule has 0 N–H and O–H groups in total. The fraction of sp³-hybridized carbons (Fsp3) is 0.462. The molecular formula is C13H17N3. The van der Waals surface area contributed by atoms with E-state index in [2.05, 4.69) is 34.2 Å². The molecule has 3 rings (SSSR count). The highest BCUT2D eigenvalue weighted by Crippen LogP contribution is 2.16. The lowest BCUT2D eigenvalue weighted by molar-refractivity contribution is 0.365. The van der Waals surface area contributed by atoms with Gasteiger partial charge in [-0.05, 0) is 44.2 Å². The molecule has 0 saturated carbocycles. The number of allylic oxidation sites excluding steroid dienone is 2. The first-order valence-corrected chi connectivity index (χ1v) is 6.03. The van der Waals surface area contributed by atoms with Gasteiger partial charge in [0.15, 0.2) is 0 Å². The number of aliphatic imine (C=N–C) groups is 1. The molecule has 3 aliphatic heterocycles. The van der Waals surface area contributed by atoms with Gasteiger partial charge in [-0.2, -0.15) is 0 Å². The van der Waals surface area contributed by atoms with Crippen LogP contribution < -0.4 is 0 Å². The Morgan fingerprint density at radius 3 is 2.94 bits per heavy atom. The summed E-state index contributed by atoms with van der Waals surface area (Å²) in [4.78, 5) is 9.36. The number of nitrogens with zero attached hydrogens (tertiary/aromatic N) is 3. The zero-order chi connectivity index (χ0) is 10.8. The lowest BCUT2D eigenvalue weighted by Crippen LogP contribution is -2.31. The van der Waals surface area contributed by atoms with Crippen molar-refractivity contribution in [2.45, 2.75) is 12.8 Å². The van der Waals surface area contributed by atoms with Crippen LogP contribution in [0.15, 0.2) is 41.2 Å². The summed E-state index contributed by atoms with van der Waals surface area (Å²) < 4.78 is 0. The van der Waals surface area contributed by atoms with Gasteiger partial charge in [-0.1, -0.05) is 6.08 Å². The van der Waals surface area contributed by atoms with Crippen molar-refractivity contribution in [3.63, 3.8) is 0 Å². The highest BCUT2D eigenvalue weighted by atomic mass is 15.2. The predicted octanol–water partition coefficient (Wildman–Crippen LogP) is 1.76. The van der Waals surface area contributed by atoms with Crippen LogP contribution in [0, 0.1) is 0 Å². The van der Waals surface area contributed by atoms with Crippen molar-refractivity contribution in [2.75, 3.05) is 26.2 Å². The molecule has 0 spiro atoms. The van der Waals surface area contributed by atoms with Crippen LogP contribution in [0.3, 0.4) is 0 Å². The minimum atomic E-state index is 0.961. The summed E-state index contributed by atoms with van der Waals surface area (Å²) in [7, 11) is 0. The lowest BCUT2D eigenvalue weighted by Gasteiger charge is -2.26. The maximum atomic E-state index is 4.69. The quantitative estimate of drug-likeness (QED) is 0.699. The maximum Gasteiger partial charge on any atom is 0.133 e. The van der Waals surface area contributed by atoms with E-state index in [1.807, 2.05) is 6.08 Å². The van der Waals surface area contributed by atoms with Gasteiger partial charge in [-0.3, -0.25) is 4.90 Å². The Morgan fingerprint density at radius 2 is 2.06 bits per heavy atom. The zero-order valence-corrected chi connectivity index (χ0v) is 9.47. The first-order chi connectivity index (χ1) is 7.92. The molecule has 3 nitrogen and oxygen atoms in total. The minimum Gasteiger partial charge on any atom is -0.329 e. The molecule has 3 heteroatoms. The molecule has 0 unspecified atom stereocenters. The summed E-state index contributed by atoms with van der Waals surface area (Å²) in [5, 5.41) is 0. The van der Waals surface area contributed by atoms with E-state index in [9.17, 15) is 0 Å². The van der Waals surface area contributed by atoms with Gasteiger partial charge in [0.1, 0.15) is 5.84 Å². The van der Waals surface area contributed by atoms with Crippen LogP contribution in [0.5, 0.6) is 0 Å². The van der Waals surface area contributed by atoms with Crippen LogP contribution in [-0.4, -0.2) is 41.8 Å². The Kier molecular flexibility index (Phi) is 2.62. The Labute approximate surface area is 96.4 Å². The average Bonchev–Trinajstić information content (AvgIpc) is 2.82. The number of fused-ring (bicyclic) bond motifs is 1. The molecule has 0 aromatic rings. The molecule has 0 aliphatic carbocycles. The highest BCUT2D eigenvalue weighted by Gasteiger charge is 2.17. The third kappa shape index (κ3) is 1.95. The first-order valence-electron chi connectivity index (χ1n) is 6.03. The Bertz CT molecular complexity index is 384. The molecule has 0 aromatic heterocycles. The molecule has 84 valence electrons. The molecule has 0 radical (unpaired) electrons. The van der Waals surface area contributed by atoms with Crippen molar-refractivity contribution in [2.24, 2.45) is 4.99 Å². The molecule has 3 aliphatic rings. The van der Waals surface area contributed by atoms with Crippen LogP contribution >= 0.6 is 0 Å². The van der Waals surface area contributed by atoms with Crippen molar-refractivity contribution in [3.05, 3.63) is 36.2 Å². The van der Waals surface area contributed by atoms with E-state index in [4.69, 9.17) is 4.99 Å². The summed E-state index contributed by atoms with van der Waals surface area (Å²) in [6.07, 6.45) is 13.2. The number of amidine groups is 1. The number of likely N-dealkylation sites (tertiary alicyclic amines) is 1. The largest absolute Gasteiger partial charge is 0.329 e. The summed E-state index contributed by atoms with van der Waals surface area (Å²) in [5.74, 6) is 1.08. The second-order valence-corrected chi connectivity index (χ2v) is 4.50. The van der Waals surface area contributed by atoms with Gasteiger partial charge in [-0.25, -0.2) is 4.99 Å². The molecule has 16 heavy (non-hydrogen) atoms. The smallest absolute Gasteiger partial charge is 0.133 e. The van der Waals surface area contributed by atoms with E-state index in [1.54, 1.807) is 0 Å². The van der Waals surface area contributed by atoms with Crippen LogP contribution in [0.4, 0.5) is 0 Å². The minimum absolute atomic E-state index is 0.961.